The van der Waals surface area contributed by atoms with Crippen molar-refractivity contribution in [2.75, 3.05) is 32.4 Å². The number of amides is 1. The first-order valence-electron chi connectivity index (χ1n) is 6.72. The fourth-order valence-corrected chi connectivity index (χ4v) is 1.83. The van der Waals surface area contributed by atoms with E-state index in [9.17, 15) is 13.2 Å². The van der Waals surface area contributed by atoms with Crippen LogP contribution in [0.4, 0.5) is 4.79 Å². The quantitative estimate of drug-likeness (QED) is 0.537. The first-order chi connectivity index (χ1) is 9.10. The molecule has 0 heterocycles. The first kappa shape index (κ1) is 19.1. The Morgan fingerprint density at radius 2 is 1.60 bits per heavy atom. The number of ether oxygens (including phenoxy) is 1. The van der Waals surface area contributed by atoms with E-state index >= 15 is 0 Å². The molecular weight excluding hydrogens is 282 g/mol. The van der Waals surface area contributed by atoms with Gasteiger partial charge >= 0.3 is 6.09 Å². The Hall–Kier alpha value is -0.860. The molecule has 0 aromatic carbocycles. The highest BCUT2D eigenvalue weighted by Crippen LogP contribution is 2.06. The lowest BCUT2D eigenvalue weighted by atomic mass is 10.2. The highest BCUT2D eigenvalue weighted by Gasteiger charge is 2.15. The van der Waals surface area contributed by atoms with Crippen molar-refractivity contribution in [1.82, 2.24) is 15.4 Å². The highest BCUT2D eigenvalue weighted by molar-refractivity contribution is 7.88. The summed E-state index contributed by atoms with van der Waals surface area (Å²) >= 11 is 0. The van der Waals surface area contributed by atoms with Crippen molar-refractivity contribution in [3.8, 4) is 0 Å². The second-order valence-corrected chi connectivity index (χ2v) is 7.39. The predicted octanol–water partition coefficient (Wildman–Crippen LogP) is 0.430. The number of carbonyl (C=O) groups excluding carboxylic acids is 1. The molecular formula is C12H27N3O4S. The van der Waals surface area contributed by atoms with E-state index in [1.54, 1.807) is 0 Å². The molecule has 1 amide bonds. The van der Waals surface area contributed by atoms with E-state index in [2.05, 4.69) is 15.4 Å². The van der Waals surface area contributed by atoms with Crippen LogP contribution in [0.1, 0.15) is 33.6 Å². The molecule has 0 saturated heterocycles. The summed E-state index contributed by atoms with van der Waals surface area (Å²) in [6.45, 7) is 7.92. The van der Waals surface area contributed by atoms with E-state index in [1.165, 1.54) is 0 Å². The minimum atomic E-state index is -3.09. The molecule has 7 nitrogen and oxygen atoms in total. The topological polar surface area (TPSA) is 96.5 Å². The molecule has 0 unspecified atom stereocenters. The molecule has 0 aliphatic rings. The molecule has 0 aliphatic carbocycles. The number of hydrogen-bond donors (Lipinski definition) is 3. The zero-order valence-electron chi connectivity index (χ0n) is 12.8. The summed E-state index contributed by atoms with van der Waals surface area (Å²) in [5, 5.41) is 5.84. The Morgan fingerprint density at radius 1 is 1.05 bits per heavy atom. The molecule has 0 rings (SSSR count). The molecule has 8 heteroatoms. The molecule has 0 saturated carbocycles. The Bertz CT molecular complexity index is 377. The lowest BCUT2D eigenvalue weighted by molar-refractivity contribution is 0.0527. The van der Waals surface area contributed by atoms with Crippen LogP contribution in [-0.4, -0.2) is 52.5 Å². The van der Waals surface area contributed by atoms with Gasteiger partial charge in [-0.15, -0.1) is 0 Å². The zero-order valence-corrected chi connectivity index (χ0v) is 13.6. The van der Waals surface area contributed by atoms with Crippen LogP contribution in [-0.2, 0) is 14.8 Å². The molecule has 20 heavy (non-hydrogen) atoms. The van der Waals surface area contributed by atoms with Gasteiger partial charge < -0.3 is 15.4 Å². The summed E-state index contributed by atoms with van der Waals surface area (Å²) in [5.74, 6) is 0. The number of sulfonamides is 1. The molecule has 0 spiro atoms. The third kappa shape index (κ3) is 15.2. The molecule has 0 bridgehead atoms. The third-order valence-electron chi connectivity index (χ3n) is 2.09. The molecule has 0 atom stereocenters. The van der Waals surface area contributed by atoms with Crippen LogP contribution in [0.2, 0.25) is 0 Å². The smallest absolute Gasteiger partial charge is 0.407 e. The van der Waals surface area contributed by atoms with Gasteiger partial charge in [0.15, 0.2) is 0 Å². The van der Waals surface area contributed by atoms with E-state index in [4.69, 9.17) is 4.74 Å². The van der Waals surface area contributed by atoms with Gasteiger partial charge in [0.2, 0.25) is 10.0 Å². The van der Waals surface area contributed by atoms with Crippen molar-refractivity contribution < 1.29 is 17.9 Å². The van der Waals surface area contributed by atoms with Crippen molar-refractivity contribution in [3.63, 3.8) is 0 Å². The molecule has 0 aliphatic heterocycles. The van der Waals surface area contributed by atoms with Crippen molar-refractivity contribution in [2.45, 2.75) is 39.2 Å². The molecule has 0 aromatic rings. The Labute approximate surface area is 121 Å². The van der Waals surface area contributed by atoms with Gasteiger partial charge in [0.1, 0.15) is 5.60 Å². The van der Waals surface area contributed by atoms with Gasteiger partial charge in [-0.05, 0) is 46.7 Å². The van der Waals surface area contributed by atoms with Crippen LogP contribution >= 0.6 is 0 Å². The van der Waals surface area contributed by atoms with Gasteiger partial charge in [-0.1, -0.05) is 0 Å². The first-order valence-corrected chi connectivity index (χ1v) is 8.61. The Balaban J connectivity index is 3.35. The normalized spacial score (nSPS) is 12.2. The summed E-state index contributed by atoms with van der Waals surface area (Å²) in [6.07, 6.45) is 2.25. The monoisotopic (exact) mass is 309 g/mol. The van der Waals surface area contributed by atoms with E-state index < -0.39 is 21.7 Å². The summed E-state index contributed by atoms with van der Waals surface area (Å²) in [7, 11) is -3.09. The van der Waals surface area contributed by atoms with Gasteiger partial charge in [-0.2, -0.15) is 0 Å². The van der Waals surface area contributed by atoms with Gasteiger partial charge in [0, 0.05) is 13.1 Å². The number of hydrogen-bond acceptors (Lipinski definition) is 5. The predicted molar refractivity (Wildman–Crippen MR) is 79.2 cm³/mol. The standard InChI is InChI=1S/C12H27N3O4S/c1-12(2,3)19-11(16)14-9-5-7-13-8-6-10-15-20(4,17)18/h13,15H,5-10H2,1-4H3,(H,14,16). The fraction of sp³-hybridized carbons (Fsp3) is 0.917. The van der Waals surface area contributed by atoms with E-state index in [0.29, 0.717) is 13.1 Å². The Morgan fingerprint density at radius 3 is 2.10 bits per heavy atom. The van der Waals surface area contributed by atoms with Gasteiger partial charge in [0.05, 0.1) is 6.26 Å². The van der Waals surface area contributed by atoms with Gasteiger partial charge in [0.25, 0.3) is 0 Å². The van der Waals surface area contributed by atoms with Crippen molar-refractivity contribution in [2.24, 2.45) is 0 Å². The average Bonchev–Trinajstić information content (AvgIpc) is 2.22. The van der Waals surface area contributed by atoms with E-state index in [1.807, 2.05) is 20.8 Å². The number of rotatable bonds is 9. The Kier molecular flexibility index (Phi) is 8.75. The molecule has 0 aromatic heterocycles. The van der Waals surface area contributed by atoms with Crippen LogP contribution in [0.15, 0.2) is 0 Å². The van der Waals surface area contributed by atoms with Gasteiger partial charge in [-0.3, -0.25) is 0 Å². The lowest BCUT2D eigenvalue weighted by Gasteiger charge is -2.19. The van der Waals surface area contributed by atoms with E-state index in [-0.39, 0.29) is 0 Å². The van der Waals surface area contributed by atoms with Crippen molar-refractivity contribution >= 4 is 16.1 Å². The third-order valence-corrected chi connectivity index (χ3v) is 2.82. The van der Waals surface area contributed by atoms with Crippen LogP contribution in [0.5, 0.6) is 0 Å². The fourth-order valence-electron chi connectivity index (χ4n) is 1.31. The average molecular weight is 309 g/mol. The molecule has 0 fully saturated rings. The van der Waals surface area contributed by atoms with Crippen molar-refractivity contribution in [1.29, 1.82) is 0 Å². The van der Waals surface area contributed by atoms with E-state index in [0.717, 1.165) is 32.2 Å². The minimum absolute atomic E-state index is 0.408. The molecule has 0 radical (unpaired) electrons. The van der Waals surface area contributed by atoms with Gasteiger partial charge in [-0.25, -0.2) is 17.9 Å². The molecule has 3 N–H and O–H groups in total. The summed E-state index contributed by atoms with van der Waals surface area (Å²) < 4.78 is 29.1. The lowest BCUT2D eigenvalue weighted by Crippen LogP contribution is -2.34. The van der Waals surface area contributed by atoms with Crippen LogP contribution in [0.25, 0.3) is 0 Å². The second-order valence-electron chi connectivity index (χ2n) is 5.55. The largest absolute Gasteiger partial charge is 0.444 e. The SMILES string of the molecule is CC(C)(C)OC(=O)NCCCNCCCNS(C)(=O)=O. The maximum atomic E-state index is 11.3. The summed E-state index contributed by atoms with van der Waals surface area (Å²) in [6, 6.07) is 0. The number of nitrogens with one attached hydrogen (secondary N) is 3. The molecule has 120 valence electrons. The zero-order chi connectivity index (χ0) is 15.6. The maximum Gasteiger partial charge on any atom is 0.407 e. The number of alkyl carbamates (subject to hydrolysis) is 1. The highest BCUT2D eigenvalue weighted by atomic mass is 32.2. The number of carbonyl (C=O) groups is 1. The minimum Gasteiger partial charge on any atom is -0.444 e. The van der Waals surface area contributed by atoms with Crippen LogP contribution in [0.3, 0.4) is 0 Å². The second kappa shape index (κ2) is 9.15. The van der Waals surface area contributed by atoms with Crippen LogP contribution < -0.4 is 15.4 Å². The summed E-state index contributed by atoms with van der Waals surface area (Å²) in [5.41, 5.74) is -0.477. The van der Waals surface area contributed by atoms with Crippen LogP contribution in [0, 0.1) is 0 Å². The van der Waals surface area contributed by atoms with Crippen molar-refractivity contribution in [3.05, 3.63) is 0 Å². The maximum absolute atomic E-state index is 11.3. The summed E-state index contributed by atoms with van der Waals surface area (Å²) in [4.78, 5) is 11.3.